The molecule has 1 aromatic heterocycles. The van der Waals surface area contributed by atoms with Crippen LogP contribution in [0.15, 0.2) is 36.5 Å². The monoisotopic (exact) mass is 393 g/mol. The van der Waals surface area contributed by atoms with E-state index in [0.717, 1.165) is 23.1 Å². The number of rotatable bonds is 4. The first-order chi connectivity index (χ1) is 14.0. The molecule has 4 aliphatic carbocycles. The SMILES string of the molecule is CC(C)N(C(=O)Oc1cnn(C)c1-c1ccccc1)C1C2CC3CC(C2)CC1C3. The van der Waals surface area contributed by atoms with Crippen LogP contribution in [0.25, 0.3) is 11.3 Å². The van der Waals surface area contributed by atoms with Gasteiger partial charge in [0.05, 0.1) is 6.20 Å². The smallest absolute Gasteiger partial charge is 0.406 e. The number of nitrogens with zero attached hydrogens (tertiary/aromatic N) is 3. The second-order valence-corrected chi connectivity index (χ2v) is 9.64. The molecule has 0 saturated heterocycles. The van der Waals surface area contributed by atoms with E-state index < -0.39 is 0 Å². The van der Waals surface area contributed by atoms with E-state index in [1.54, 1.807) is 10.9 Å². The van der Waals surface area contributed by atoms with Crippen molar-refractivity contribution in [1.82, 2.24) is 14.7 Å². The van der Waals surface area contributed by atoms with E-state index in [9.17, 15) is 4.79 Å². The summed E-state index contributed by atoms with van der Waals surface area (Å²) in [6.45, 7) is 4.24. The van der Waals surface area contributed by atoms with Gasteiger partial charge in [-0.1, -0.05) is 30.3 Å². The van der Waals surface area contributed by atoms with Crippen molar-refractivity contribution < 1.29 is 9.53 Å². The number of amides is 1. The van der Waals surface area contributed by atoms with Gasteiger partial charge in [0.25, 0.3) is 0 Å². The first kappa shape index (κ1) is 18.7. The number of ether oxygens (including phenoxy) is 1. The highest BCUT2D eigenvalue weighted by atomic mass is 16.6. The summed E-state index contributed by atoms with van der Waals surface area (Å²) in [4.78, 5) is 15.5. The molecule has 4 fully saturated rings. The average molecular weight is 394 g/mol. The zero-order valence-electron chi connectivity index (χ0n) is 17.6. The predicted octanol–water partition coefficient (Wildman–Crippen LogP) is 5.12. The van der Waals surface area contributed by atoms with Gasteiger partial charge in [0.15, 0.2) is 5.75 Å². The number of carbonyl (C=O) groups is 1. The first-order valence-corrected chi connectivity index (χ1v) is 11.1. The van der Waals surface area contributed by atoms with Crippen molar-refractivity contribution in [3.8, 4) is 17.0 Å². The van der Waals surface area contributed by atoms with Crippen molar-refractivity contribution in [2.45, 2.75) is 58.0 Å². The van der Waals surface area contributed by atoms with Crippen molar-refractivity contribution in [2.75, 3.05) is 0 Å². The highest BCUT2D eigenvalue weighted by molar-refractivity contribution is 5.76. The van der Waals surface area contributed by atoms with Crippen LogP contribution in [0, 0.1) is 23.7 Å². The Balaban J connectivity index is 1.41. The maximum absolute atomic E-state index is 13.4. The molecular weight excluding hydrogens is 362 g/mol. The summed E-state index contributed by atoms with van der Waals surface area (Å²) >= 11 is 0. The minimum atomic E-state index is -0.220. The van der Waals surface area contributed by atoms with Gasteiger partial charge in [0.2, 0.25) is 0 Å². The zero-order valence-corrected chi connectivity index (χ0v) is 17.6. The average Bonchev–Trinajstić information content (AvgIpc) is 3.04. The lowest BCUT2D eigenvalue weighted by molar-refractivity contribution is -0.0639. The molecule has 1 aromatic carbocycles. The summed E-state index contributed by atoms with van der Waals surface area (Å²) in [7, 11) is 1.89. The van der Waals surface area contributed by atoms with Crippen molar-refractivity contribution >= 4 is 6.09 Å². The van der Waals surface area contributed by atoms with E-state index >= 15 is 0 Å². The fourth-order valence-electron chi connectivity index (χ4n) is 6.59. The largest absolute Gasteiger partial charge is 0.415 e. The molecule has 4 saturated carbocycles. The van der Waals surface area contributed by atoms with E-state index in [2.05, 4.69) is 23.8 Å². The molecule has 5 heteroatoms. The van der Waals surface area contributed by atoms with Crippen LogP contribution in [0.1, 0.15) is 46.0 Å². The van der Waals surface area contributed by atoms with Crippen molar-refractivity contribution in [3.05, 3.63) is 36.5 Å². The molecule has 0 N–H and O–H groups in total. The molecule has 5 nitrogen and oxygen atoms in total. The standard InChI is InChI=1S/C24H31N3O2/c1-15(2)27(22-19-10-16-9-17(12-19)13-20(22)11-16)24(28)29-21-14-25-26(3)23(21)18-7-5-4-6-8-18/h4-8,14-17,19-20,22H,9-13H2,1-3H3. The number of aromatic nitrogens is 2. The Morgan fingerprint density at radius 1 is 1.07 bits per heavy atom. The summed E-state index contributed by atoms with van der Waals surface area (Å²) in [5.41, 5.74) is 1.84. The lowest BCUT2D eigenvalue weighted by Crippen LogP contribution is -2.59. The van der Waals surface area contributed by atoms with Crippen LogP contribution in [0.5, 0.6) is 5.75 Å². The van der Waals surface area contributed by atoms with E-state index in [4.69, 9.17) is 4.74 Å². The van der Waals surface area contributed by atoms with Crippen molar-refractivity contribution in [1.29, 1.82) is 0 Å². The van der Waals surface area contributed by atoms with Gasteiger partial charge in [-0.15, -0.1) is 0 Å². The summed E-state index contributed by atoms with van der Waals surface area (Å²) in [6, 6.07) is 10.5. The lowest BCUT2D eigenvalue weighted by atomic mass is 9.54. The Morgan fingerprint density at radius 3 is 2.28 bits per heavy atom. The number of carbonyl (C=O) groups excluding carboxylic acids is 1. The van der Waals surface area contributed by atoms with E-state index in [1.807, 2.05) is 37.4 Å². The number of aryl methyl sites for hydroxylation is 1. The van der Waals surface area contributed by atoms with Gasteiger partial charge in [0.1, 0.15) is 5.69 Å². The summed E-state index contributed by atoms with van der Waals surface area (Å²) in [5.74, 6) is 3.61. The summed E-state index contributed by atoms with van der Waals surface area (Å²) in [6.07, 6.45) is 8.01. The van der Waals surface area contributed by atoms with Gasteiger partial charge >= 0.3 is 6.09 Å². The third-order valence-electron chi connectivity index (χ3n) is 7.42. The zero-order chi connectivity index (χ0) is 20.1. The molecule has 29 heavy (non-hydrogen) atoms. The minimum Gasteiger partial charge on any atom is -0.406 e. The van der Waals surface area contributed by atoms with Crippen LogP contribution in [0.4, 0.5) is 4.79 Å². The molecule has 0 radical (unpaired) electrons. The van der Waals surface area contributed by atoms with Crippen LogP contribution in [-0.2, 0) is 7.05 Å². The topological polar surface area (TPSA) is 47.4 Å². The van der Waals surface area contributed by atoms with Gasteiger partial charge in [-0.25, -0.2) is 4.79 Å². The van der Waals surface area contributed by atoms with Crippen LogP contribution >= 0.6 is 0 Å². The molecule has 0 unspecified atom stereocenters. The van der Waals surface area contributed by atoms with Crippen LogP contribution in [-0.4, -0.2) is 32.9 Å². The molecule has 0 spiro atoms. The van der Waals surface area contributed by atoms with Gasteiger partial charge in [0, 0.05) is 24.7 Å². The molecule has 0 atom stereocenters. The van der Waals surface area contributed by atoms with E-state index in [-0.39, 0.29) is 12.1 Å². The fraction of sp³-hybridized carbons (Fsp3) is 0.583. The third-order valence-corrected chi connectivity index (χ3v) is 7.42. The van der Waals surface area contributed by atoms with Crippen LogP contribution < -0.4 is 4.74 Å². The second-order valence-electron chi connectivity index (χ2n) is 9.64. The van der Waals surface area contributed by atoms with Gasteiger partial charge in [-0.2, -0.15) is 5.10 Å². The maximum atomic E-state index is 13.4. The normalized spacial score (nSPS) is 30.0. The van der Waals surface area contributed by atoms with Crippen LogP contribution in [0.3, 0.4) is 0 Å². The Hall–Kier alpha value is -2.30. The Kier molecular flexibility index (Phi) is 4.64. The molecule has 154 valence electrons. The van der Waals surface area contributed by atoms with E-state index in [0.29, 0.717) is 23.6 Å². The third kappa shape index (κ3) is 3.24. The quantitative estimate of drug-likeness (QED) is 0.724. The summed E-state index contributed by atoms with van der Waals surface area (Å²) in [5, 5.41) is 4.36. The lowest BCUT2D eigenvalue weighted by Gasteiger charge is -2.57. The fourth-order valence-corrected chi connectivity index (χ4v) is 6.59. The number of hydrogen-bond donors (Lipinski definition) is 0. The van der Waals surface area contributed by atoms with Crippen molar-refractivity contribution in [2.24, 2.45) is 30.7 Å². The van der Waals surface area contributed by atoms with E-state index in [1.165, 1.54) is 32.1 Å². The number of hydrogen-bond acceptors (Lipinski definition) is 3. The number of benzene rings is 1. The predicted molar refractivity (Wildman–Crippen MR) is 112 cm³/mol. The van der Waals surface area contributed by atoms with Crippen LogP contribution in [0.2, 0.25) is 0 Å². The van der Waals surface area contributed by atoms with Gasteiger partial charge < -0.3 is 9.64 Å². The second kappa shape index (κ2) is 7.19. The molecule has 2 aromatic rings. The highest BCUT2D eigenvalue weighted by Crippen LogP contribution is 2.55. The Bertz CT molecular complexity index is 861. The molecule has 0 aliphatic heterocycles. The summed E-state index contributed by atoms with van der Waals surface area (Å²) < 4.78 is 7.78. The van der Waals surface area contributed by atoms with Gasteiger partial charge in [-0.3, -0.25) is 4.68 Å². The van der Waals surface area contributed by atoms with Gasteiger partial charge in [-0.05, 0) is 69.6 Å². The maximum Gasteiger partial charge on any atom is 0.415 e. The Morgan fingerprint density at radius 2 is 1.69 bits per heavy atom. The Labute approximate surface area is 173 Å². The minimum absolute atomic E-state index is 0.127. The molecule has 1 amide bonds. The molecular formula is C24H31N3O2. The molecule has 1 heterocycles. The molecule has 4 bridgehead atoms. The first-order valence-electron chi connectivity index (χ1n) is 11.1. The molecule has 6 rings (SSSR count). The highest BCUT2D eigenvalue weighted by Gasteiger charge is 2.51. The molecule has 4 aliphatic rings. The van der Waals surface area contributed by atoms with Crippen molar-refractivity contribution in [3.63, 3.8) is 0 Å².